The summed E-state index contributed by atoms with van der Waals surface area (Å²) in [5.74, 6) is -3.92. The van der Waals surface area contributed by atoms with Gasteiger partial charge in [-0.15, -0.1) is 0 Å². The molecule has 198 valence electrons. The minimum atomic E-state index is -3.26. The lowest BCUT2D eigenvalue weighted by Crippen LogP contribution is -2.57. The molecule has 2 aromatic carbocycles. The summed E-state index contributed by atoms with van der Waals surface area (Å²) in [6.07, 6.45) is -3.78. The van der Waals surface area contributed by atoms with Crippen molar-refractivity contribution in [2.45, 2.75) is 39.3 Å². The number of hydrogen-bond donors (Lipinski definition) is 1. The van der Waals surface area contributed by atoms with Gasteiger partial charge in [-0.05, 0) is 39.0 Å². The van der Waals surface area contributed by atoms with Crippen LogP contribution in [0, 0.1) is 11.7 Å². The van der Waals surface area contributed by atoms with Crippen LogP contribution in [0.15, 0.2) is 48.5 Å². The Morgan fingerprint density at radius 2 is 1.73 bits per heavy atom. The monoisotopic (exact) mass is 519 g/mol. The highest BCUT2D eigenvalue weighted by atomic mass is 19.3. The average molecular weight is 520 g/mol. The van der Waals surface area contributed by atoms with E-state index in [1.165, 1.54) is 21.9 Å². The van der Waals surface area contributed by atoms with Crippen molar-refractivity contribution in [1.29, 1.82) is 0 Å². The highest BCUT2D eigenvalue weighted by Crippen LogP contribution is 2.26. The fourth-order valence-corrected chi connectivity index (χ4v) is 3.60. The van der Waals surface area contributed by atoms with Gasteiger partial charge in [0.15, 0.2) is 5.78 Å². The topological polar surface area (TPSA) is 96.0 Å². The van der Waals surface area contributed by atoms with Crippen molar-refractivity contribution in [3.63, 3.8) is 0 Å². The first-order valence-electron chi connectivity index (χ1n) is 11.6. The molecule has 1 fully saturated rings. The van der Waals surface area contributed by atoms with Gasteiger partial charge in [-0.25, -0.2) is 9.18 Å². The summed E-state index contributed by atoms with van der Waals surface area (Å²) in [4.78, 5) is 51.5. The first-order chi connectivity index (χ1) is 17.4. The number of nitrogens with one attached hydrogen (secondary N) is 1. The molecular formula is C26H28F3N3O5. The lowest BCUT2D eigenvalue weighted by atomic mass is 9.98. The Morgan fingerprint density at radius 3 is 2.30 bits per heavy atom. The summed E-state index contributed by atoms with van der Waals surface area (Å²) in [6, 6.07) is 12.2. The zero-order valence-corrected chi connectivity index (χ0v) is 20.7. The van der Waals surface area contributed by atoms with Crippen LogP contribution in [0.4, 0.5) is 23.7 Å². The van der Waals surface area contributed by atoms with Gasteiger partial charge in [-0.2, -0.15) is 8.78 Å². The number of benzene rings is 2. The number of hydrogen-bond acceptors (Lipinski definition) is 5. The highest BCUT2D eigenvalue weighted by Gasteiger charge is 2.40. The molecular weight excluding hydrogens is 491 g/mol. The van der Waals surface area contributed by atoms with E-state index >= 15 is 0 Å². The van der Waals surface area contributed by atoms with Crippen LogP contribution in [-0.2, 0) is 20.9 Å². The van der Waals surface area contributed by atoms with Gasteiger partial charge >= 0.3 is 12.5 Å². The minimum Gasteiger partial charge on any atom is -0.444 e. The second kappa shape index (κ2) is 11.4. The van der Waals surface area contributed by atoms with Crippen molar-refractivity contribution < 1.29 is 37.1 Å². The van der Waals surface area contributed by atoms with E-state index in [9.17, 15) is 32.3 Å². The molecule has 1 N–H and O–H groups in total. The first kappa shape index (κ1) is 27.7. The van der Waals surface area contributed by atoms with Crippen molar-refractivity contribution in [2.24, 2.45) is 5.92 Å². The quantitative estimate of drug-likeness (QED) is 0.536. The van der Waals surface area contributed by atoms with E-state index in [4.69, 9.17) is 4.74 Å². The fourth-order valence-electron chi connectivity index (χ4n) is 3.60. The molecule has 0 atom stereocenters. The number of para-hydroxylation sites is 1. The van der Waals surface area contributed by atoms with Crippen LogP contribution in [0.5, 0.6) is 0 Å². The number of likely N-dealkylation sites (tertiary alicyclic amines) is 1. The molecule has 1 aliphatic rings. The molecule has 0 spiro atoms. The summed E-state index contributed by atoms with van der Waals surface area (Å²) in [7, 11) is 0. The SMILES string of the molecule is CC(C)(C)OC(=O)N1CC(C(=O)N(Cc2ccc(C(=O)CNC(=O)C(F)F)cc2F)c2ccccc2)C1. The number of carbonyl (C=O) groups is 4. The molecule has 0 aliphatic carbocycles. The largest absolute Gasteiger partial charge is 0.444 e. The Kier molecular flexibility index (Phi) is 8.57. The number of Topliss-reactive ketones (excluding diaryl/α,β-unsaturated/α-hetero) is 1. The zero-order valence-electron chi connectivity index (χ0n) is 20.7. The third-order valence-electron chi connectivity index (χ3n) is 5.54. The van der Waals surface area contributed by atoms with Crippen molar-refractivity contribution >= 4 is 29.4 Å². The molecule has 0 unspecified atom stereocenters. The van der Waals surface area contributed by atoms with Crippen LogP contribution in [0.25, 0.3) is 0 Å². The summed E-state index contributed by atoms with van der Waals surface area (Å²) < 4.78 is 44.8. The van der Waals surface area contributed by atoms with Crippen LogP contribution in [0.2, 0.25) is 0 Å². The molecule has 3 amide bonds. The molecule has 1 heterocycles. The lowest BCUT2D eigenvalue weighted by molar-refractivity contribution is -0.131. The number of anilines is 1. The Hall–Kier alpha value is -3.89. The van der Waals surface area contributed by atoms with E-state index in [1.54, 1.807) is 56.4 Å². The van der Waals surface area contributed by atoms with Gasteiger partial charge in [0.25, 0.3) is 5.91 Å². The Morgan fingerprint density at radius 1 is 1.08 bits per heavy atom. The van der Waals surface area contributed by atoms with Crippen molar-refractivity contribution in [3.8, 4) is 0 Å². The predicted molar refractivity (Wildman–Crippen MR) is 129 cm³/mol. The van der Waals surface area contributed by atoms with E-state index in [2.05, 4.69) is 0 Å². The Bertz CT molecular complexity index is 1160. The van der Waals surface area contributed by atoms with Crippen molar-refractivity contribution in [3.05, 3.63) is 65.5 Å². The maximum Gasteiger partial charge on any atom is 0.410 e. The number of ketones is 1. The molecule has 37 heavy (non-hydrogen) atoms. The summed E-state index contributed by atoms with van der Waals surface area (Å²) >= 11 is 0. The van der Waals surface area contributed by atoms with Crippen LogP contribution < -0.4 is 10.2 Å². The maximum atomic E-state index is 14.9. The maximum absolute atomic E-state index is 14.9. The van der Waals surface area contributed by atoms with Crippen LogP contribution in [-0.4, -0.2) is 60.3 Å². The number of amides is 3. The van der Waals surface area contributed by atoms with Crippen molar-refractivity contribution in [1.82, 2.24) is 10.2 Å². The van der Waals surface area contributed by atoms with Gasteiger partial charge in [0.1, 0.15) is 11.4 Å². The first-order valence-corrected chi connectivity index (χ1v) is 11.6. The fraction of sp³-hybridized carbons (Fsp3) is 0.385. The summed E-state index contributed by atoms with van der Waals surface area (Å²) in [5.41, 5.74) is -0.131. The van der Waals surface area contributed by atoms with E-state index < -0.39 is 48.1 Å². The van der Waals surface area contributed by atoms with Gasteiger partial charge in [-0.3, -0.25) is 14.4 Å². The molecule has 0 radical (unpaired) electrons. The Labute approximate surface area is 212 Å². The average Bonchev–Trinajstić information content (AvgIpc) is 2.79. The van der Waals surface area contributed by atoms with E-state index in [0.717, 1.165) is 6.07 Å². The van der Waals surface area contributed by atoms with E-state index in [-0.39, 0.29) is 36.7 Å². The van der Waals surface area contributed by atoms with E-state index in [1.807, 2.05) is 0 Å². The smallest absolute Gasteiger partial charge is 0.410 e. The van der Waals surface area contributed by atoms with E-state index in [0.29, 0.717) is 5.69 Å². The number of halogens is 3. The molecule has 0 saturated carbocycles. The molecule has 0 bridgehead atoms. The van der Waals surface area contributed by atoms with Gasteiger partial charge in [0, 0.05) is 29.9 Å². The molecule has 3 rings (SSSR count). The standard InChI is InChI=1S/C26H28F3N3O5/c1-26(2,3)37-25(36)31-13-18(14-31)24(35)32(19-7-5-4-6-8-19)15-17-10-9-16(11-20(17)27)21(33)12-30-23(34)22(28)29/h4-11,18,22H,12-15H2,1-3H3,(H,30,34). The summed E-state index contributed by atoms with van der Waals surface area (Å²) in [5, 5.41) is 1.78. The molecule has 11 heteroatoms. The predicted octanol–water partition coefficient (Wildman–Crippen LogP) is 3.79. The number of nitrogens with zero attached hydrogens (tertiary/aromatic N) is 2. The Balaban J connectivity index is 1.71. The molecule has 1 saturated heterocycles. The second-order valence-corrected chi connectivity index (χ2v) is 9.59. The third-order valence-corrected chi connectivity index (χ3v) is 5.54. The highest BCUT2D eigenvalue weighted by molar-refractivity contribution is 6.00. The second-order valence-electron chi connectivity index (χ2n) is 9.59. The van der Waals surface area contributed by atoms with Crippen LogP contribution in [0.3, 0.4) is 0 Å². The van der Waals surface area contributed by atoms with Crippen LogP contribution >= 0.6 is 0 Å². The minimum absolute atomic E-state index is 0.111. The number of alkyl halides is 2. The third kappa shape index (κ3) is 7.31. The number of carbonyl (C=O) groups excluding carboxylic acids is 4. The number of rotatable bonds is 8. The molecule has 2 aromatic rings. The molecule has 8 nitrogen and oxygen atoms in total. The summed E-state index contributed by atoms with van der Waals surface area (Å²) in [6.45, 7) is 4.72. The molecule has 0 aromatic heterocycles. The van der Waals surface area contributed by atoms with Gasteiger partial charge in [-0.1, -0.05) is 30.3 Å². The van der Waals surface area contributed by atoms with Gasteiger partial charge in [0.05, 0.1) is 19.0 Å². The van der Waals surface area contributed by atoms with Crippen LogP contribution in [0.1, 0.15) is 36.7 Å². The van der Waals surface area contributed by atoms with Gasteiger partial charge in [0.2, 0.25) is 5.91 Å². The van der Waals surface area contributed by atoms with Crippen molar-refractivity contribution in [2.75, 3.05) is 24.5 Å². The zero-order chi connectivity index (χ0) is 27.3. The lowest BCUT2D eigenvalue weighted by Gasteiger charge is -2.41. The van der Waals surface area contributed by atoms with Gasteiger partial charge < -0.3 is 19.9 Å². The normalized spacial score (nSPS) is 13.6. The number of ether oxygens (including phenoxy) is 1. The molecule has 1 aliphatic heterocycles.